The fourth-order valence-corrected chi connectivity index (χ4v) is 1.69. The number of likely N-dealkylation sites (N-methyl/N-ethyl adjacent to an activating group) is 2. The highest BCUT2D eigenvalue weighted by molar-refractivity contribution is 5.81. The molecular weight excluding hydrogens is 230 g/mol. The van der Waals surface area contributed by atoms with Gasteiger partial charge in [-0.05, 0) is 20.8 Å². The number of aromatic nitrogens is 2. The van der Waals surface area contributed by atoms with Gasteiger partial charge < -0.3 is 15.5 Å². The molecule has 0 saturated heterocycles. The molecule has 1 amide bonds. The van der Waals surface area contributed by atoms with E-state index in [2.05, 4.69) is 20.6 Å². The summed E-state index contributed by atoms with van der Waals surface area (Å²) in [6.45, 7) is 6.89. The lowest BCUT2D eigenvalue weighted by molar-refractivity contribution is -0.119. The fraction of sp³-hybridized carbons (Fsp3) is 0.583. The molecule has 0 fully saturated rings. The molecule has 0 atom stereocenters. The molecule has 6 heteroatoms. The molecule has 18 heavy (non-hydrogen) atoms. The van der Waals surface area contributed by atoms with Gasteiger partial charge in [0.2, 0.25) is 5.91 Å². The molecule has 100 valence electrons. The highest BCUT2D eigenvalue weighted by Crippen LogP contribution is 2.22. The first-order chi connectivity index (χ1) is 8.49. The van der Waals surface area contributed by atoms with Crippen molar-refractivity contribution in [2.45, 2.75) is 20.8 Å². The van der Waals surface area contributed by atoms with Crippen LogP contribution in [0.2, 0.25) is 0 Å². The van der Waals surface area contributed by atoms with Gasteiger partial charge in [0.05, 0.1) is 6.54 Å². The van der Waals surface area contributed by atoms with E-state index in [0.29, 0.717) is 5.82 Å². The van der Waals surface area contributed by atoms with Crippen molar-refractivity contribution in [3.8, 4) is 0 Å². The number of carbonyl (C=O) groups is 1. The number of anilines is 2. The second kappa shape index (κ2) is 6.18. The summed E-state index contributed by atoms with van der Waals surface area (Å²) in [4.78, 5) is 22.0. The lowest BCUT2D eigenvalue weighted by atomic mass is 10.2. The molecule has 2 N–H and O–H groups in total. The van der Waals surface area contributed by atoms with Crippen LogP contribution in [-0.4, -0.2) is 43.1 Å². The molecule has 6 nitrogen and oxygen atoms in total. The van der Waals surface area contributed by atoms with E-state index < -0.39 is 0 Å². The van der Waals surface area contributed by atoms with Crippen molar-refractivity contribution >= 4 is 17.5 Å². The quantitative estimate of drug-likeness (QED) is 0.806. The molecule has 1 aromatic rings. The summed E-state index contributed by atoms with van der Waals surface area (Å²) >= 11 is 0. The van der Waals surface area contributed by atoms with Crippen molar-refractivity contribution in [1.29, 1.82) is 0 Å². The summed E-state index contributed by atoms with van der Waals surface area (Å²) in [6.07, 6.45) is 0. The predicted octanol–water partition coefficient (Wildman–Crippen LogP) is 0.707. The van der Waals surface area contributed by atoms with Crippen LogP contribution in [0.3, 0.4) is 0 Å². The molecule has 1 heterocycles. The number of rotatable bonds is 5. The van der Waals surface area contributed by atoms with Crippen LogP contribution in [0.1, 0.15) is 18.3 Å². The SMILES string of the molecule is CCNc1nc(C)nc(N(C)CC(=O)NC)c1C. The van der Waals surface area contributed by atoms with Gasteiger partial charge in [-0.1, -0.05) is 0 Å². The minimum atomic E-state index is -0.0434. The lowest BCUT2D eigenvalue weighted by Gasteiger charge is -2.21. The van der Waals surface area contributed by atoms with E-state index in [-0.39, 0.29) is 12.5 Å². The maximum Gasteiger partial charge on any atom is 0.239 e. The molecule has 0 bridgehead atoms. The largest absolute Gasteiger partial charge is 0.370 e. The molecule has 0 spiro atoms. The molecular formula is C12H21N5O. The van der Waals surface area contributed by atoms with Crippen LogP contribution in [0.4, 0.5) is 11.6 Å². The maximum atomic E-state index is 11.4. The summed E-state index contributed by atoms with van der Waals surface area (Å²) in [5, 5.41) is 5.80. The Bertz CT molecular complexity index is 433. The van der Waals surface area contributed by atoms with Crippen LogP contribution in [0.5, 0.6) is 0 Å². The Kier molecular flexibility index (Phi) is 4.88. The standard InChI is InChI=1S/C12H21N5O/c1-6-14-11-8(2)12(16-9(3)15-11)17(5)7-10(18)13-4/h6-7H2,1-5H3,(H,13,18)(H,14,15,16). The van der Waals surface area contributed by atoms with Gasteiger partial charge in [0, 0.05) is 26.2 Å². The van der Waals surface area contributed by atoms with Gasteiger partial charge in [-0.3, -0.25) is 4.79 Å². The van der Waals surface area contributed by atoms with Crippen molar-refractivity contribution in [1.82, 2.24) is 15.3 Å². The molecule has 0 radical (unpaired) electrons. The summed E-state index contributed by atoms with van der Waals surface area (Å²) in [7, 11) is 3.47. The number of hydrogen-bond donors (Lipinski definition) is 2. The summed E-state index contributed by atoms with van der Waals surface area (Å²) in [5.41, 5.74) is 0.953. The number of amides is 1. The van der Waals surface area contributed by atoms with Crippen molar-refractivity contribution < 1.29 is 4.79 Å². The Morgan fingerprint density at radius 1 is 1.33 bits per heavy atom. The minimum absolute atomic E-state index is 0.0434. The van der Waals surface area contributed by atoms with E-state index in [4.69, 9.17) is 0 Å². The molecule has 1 rings (SSSR count). The number of hydrogen-bond acceptors (Lipinski definition) is 5. The molecule has 0 saturated carbocycles. The first kappa shape index (κ1) is 14.2. The van der Waals surface area contributed by atoms with Crippen LogP contribution in [-0.2, 0) is 4.79 Å². The Morgan fingerprint density at radius 2 is 2.00 bits per heavy atom. The predicted molar refractivity (Wildman–Crippen MR) is 73.0 cm³/mol. The van der Waals surface area contributed by atoms with Crippen LogP contribution in [0.15, 0.2) is 0 Å². The smallest absolute Gasteiger partial charge is 0.239 e. The summed E-state index contributed by atoms with van der Waals surface area (Å²) in [5.74, 6) is 2.25. The van der Waals surface area contributed by atoms with Crippen LogP contribution in [0.25, 0.3) is 0 Å². The Morgan fingerprint density at radius 3 is 2.56 bits per heavy atom. The first-order valence-electron chi connectivity index (χ1n) is 6.00. The van der Waals surface area contributed by atoms with Crippen molar-refractivity contribution in [2.75, 3.05) is 37.4 Å². The zero-order chi connectivity index (χ0) is 13.7. The zero-order valence-corrected chi connectivity index (χ0v) is 11.7. The van der Waals surface area contributed by atoms with Gasteiger partial charge in [0.15, 0.2) is 0 Å². The van der Waals surface area contributed by atoms with E-state index in [1.165, 1.54) is 0 Å². The third kappa shape index (κ3) is 3.32. The van der Waals surface area contributed by atoms with Gasteiger partial charge in [-0.15, -0.1) is 0 Å². The normalized spacial score (nSPS) is 10.1. The van der Waals surface area contributed by atoms with Crippen molar-refractivity contribution in [2.24, 2.45) is 0 Å². The second-order valence-corrected chi connectivity index (χ2v) is 4.13. The van der Waals surface area contributed by atoms with Gasteiger partial charge in [0.25, 0.3) is 0 Å². The number of aryl methyl sites for hydroxylation is 1. The van der Waals surface area contributed by atoms with Crippen molar-refractivity contribution in [3.05, 3.63) is 11.4 Å². The van der Waals surface area contributed by atoms with E-state index in [1.807, 2.05) is 32.7 Å². The Balaban J connectivity index is 3.03. The second-order valence-electron chi connectivity index (χ2n) is 4.13. The van der Waals surface area contributed by atoms with E-state index in [1.54, 1.807) is 7.05 Å². The monoisotopic (exact) mass is 251 g/mol. The number of carbonyl (C=O) groups excluding carboxylic acids is 1. The third-order valence-corrected chi connectivity index (χ3v) is 2.60. The summed E-state index contributed by atoms with van der Waals surface area (Å²) < 4.78 is 0. The minimum Gasteiger partial charge on any atom is -0.370 e. The number of nitrogens with zero attached hydrogens (tertiary/aromatic N) is 3. The summed E-state index contributed by atoms with van der Waals surface area (Å²) in [6, 6.07) is 0. The van der Waals surface area contributed by atoms with Crippen LogP contribution >= 0.6 is 0 Å². The van der Waals surface area contributed by atoms with E-state index in [0.717, 1.165) is 23.7 Å². The molecule has 0 aromatic carbocycles. The molecule has 0 aliphatic rings. The average molecular weight is 251 g/mol. The maximum absolute atomic E-state index is 11.4. The van der Waals surface area contributed by atoms with Gasteiger partial charge in [-0.2, -0.15) is 0 Å². The molecule has 0 aliphatic heterocycles. The van der Waals surface area contributed by atoms with E-state index in [9.17, 15) is 4.79 Å². The molecule has 1 aromatic heterocycles. The van der Waals surface area contributed by atoms with Gasteiger partial charge >= 0.3 is 0 Å². The molecule has 0 aliphatic carbocycles. The Labute approximate surface area is 108 Å². The van der Waals surface area contributed by atoms with Crippen molar-refractivity contribution in [3.63, 3.8) is 0 Å². The Hall–Kier alpha value is -1.85. The topological polar surface area (TPSA) is 70.2 Å². The highest BCUT2D eigenvalue weighted by Gasteiger charge is 2.14. The zero-order valence-electron chi connectivity index (χ0n) is 11.7. The van der Waals surface area contributed by atoms with Crippen LogP contribution in [0, 0.1) is 13.8 Å². The lowest BCUT2D eigenvalue weighted by Crippen LogP contribution is -2.34. The molecule has 0 unspecified atom stereocenters. The van der Waals surface area contributed by atoms with Gasteiger partial charge in [0.1, 0.15) is 17.5 Å². The fourth-order valence-electron chi connectivity index (χ4n) is 1.69. The first-order valence-corrected chi connectivity index (χ1v) is 6.00. The third-order valence-electron chi connectivity index (χ3n) is 2.60. The van der Waals surface area contributed by atoms with Crippen LogP contribution < -0.4 is 15.5 Å². The van der Waals surface area contributed by atoms with Gasteiger partial charge in [-0.25, -0.2) is 9.97 Å². The highest BCUT2D eigenvalue weighted by atomic mass is 16.1. The average Bonchev–Trinajstić information content (AvgIpc) is 2.33. The number of nitrogens with one attached hydrogen (secondary N) is 2. The van der Waals surface area contributed by atoms with E-state index >= 15 is 0 Å².